The minimum absolute atomic E-state index is 0.332. The lowest BCUT2D eigenvalue weighted by atomic mass is 10.3. The summed E-state index contributed by atoms with van der Waals surface area (Å²) in [7, 11) is -3.44. The van der Waals surface area contributed by atoms with Crippen molar-refractivity contribution in [2.24, 2.45) is 0 Å². The molecule has 0 atom stereocenters. The maximum Gasteiger partial charge on any atom is 0.244 e. The van der Waals surface area contributed by atoms with Crippen molar-refractivity contribution in [3.63, 3.8) is 0 Å². The van der Waals surface area contributed by atoms with Crippen molar-refractivity contribution in [1.82, 2.24) is 14.2 Å². The van der Waals surface area contributed by atoms with E-state index >= 15 is 0 Å². The molecule has 5 nitrogen and oxygen atoms in total. The lowest BCUT2D eigenvalue weighted by Gasteiger charge is -2.33. The topological polar surface area (TPSA) is 53.5 Å². The number of hydrogen-bond acceptors (Lipinski definition) is 4. The highest BCUT2D eigenvalue weighted by atomic mass is 79.9. The Kier molecular flexibility index (Phi) is 5.11. The molecule has 1 aliphatic rings. The zero-order valence-corrected chi connectivity index (χ0v) is 15.0. The molecule has 1 fully saturated rings. The van der Waals surface area contributed by atoms with Crippen molar-refractivity contribution >= 4 is 26.0 Å². The molecule has 0 saturated carbocycles. The number of aromatic nitrogens is 1. The van der Waals surface area contributed by atoms with Crippen LogP contribution in [0.5, 0.6) is 0 Å². The van der Waals surface area contributed by atoms with Crippen LogP contribution in [0.1, 0.15) is 5.69 Å². The summed E-state index contributed by atoms with van der Waals surface area (Å²) in [6.07, 6.45) is 1.78. The number of piperazine rings is 1. The third-order valence-electron chi connectivity index (χ3n) is 3.90. The molecule has 2 aromatic rings. The van der Waals surface area contributed by atoms with Gasteiger partial charge in [-0.15, -0.1) is 0 Å². The van der Waals surface area contributed by atoms with Crippen molar-refractivity contribution in [2.75, 3.05) is 26.2 Å². The molecular formula is C16H18BrN3O2S. The van der Waals surface area contributed by atoms with Gasteiger partial charge in [0.2, 0.25) is 10.0 Å². The third kappa shape index (κ3) is 3.80. The van der Waals surface area contributed by atoms with Crippen LogP contribution in [0.2, 0.25) is 0 Å². The van der Waals surface area contributed by atoms with E-state index in [1.165, 1.54) is 0 Å². The third-order valence-corrected chi connectivity index (χ3v) is 6.81. The Morgan fingerprint density at radius 2 is 1.70 bits per heavy atom. The molecular weight excluding hydrogens is 378 g/mol. The summed E-state index contributed by atoms with van der Waals surface area (Å²) in [5.74, 6) is 0. The fourth-order valence-corrected chi connectivity index (χ4v) is 5.03. The molecule has 0 unspecified atom stereocenters. The summed E-state index contributed by atoms with van der Waals surface area (Å²) >= 11 is 3.33. The van der Waals surface area contributed by atoms with E-state index in [1.54, 1.807) is 28.7 Å². The predicted molar refractivity (Wildman–Crippen MR) is 92.4 cm³/mol. The van der Waals surface area contributed by atoms with Gasteiger partial charge in [0.25, 0.3) is 0 Å². The molecule has 3 rings (SSSR count). The molecule has 0 bridgehead atoms. The van der Waals surface area contributed by atoms with Gasteiger partial charge >= 0.3 is 0 Å². The van der Waals surface area contributed by atoms with Crippen molar-refractivity contribution in [3.8, 4) is 0 Å². The summed E-state index contributed by atoms with van der Waals surface area (Å²) in [5, 5.41) is 0. The van der Waals surface area contributed by atoms with E-state index in [0.29, 0.717) is 35.5 Å². The van der Waals surface area contributed by atoms with Crippen LogP contribution in [0.4, 0.5) is 0 Å². The Labute approximate surface area is 145 Å². The van der Waals surface area contributed by atoms with Gasteiger partial charge in [0.05, 0.1) is 10.6 Å². The quantitative estimate of drug-likeness (QED) is 0.796. The van der Waals surface area contributed by atoms with Crippen LogP contribution in [0, 0.1) is 0 Å². The molecule has 1 aromatic carbocycles. The molecule has 23 heavy (non-hydrogen) atoms. The molecule has 1 saturated heterocycles. The molecule has 0 spiro atoms. The Hall–Kier alpha value is -1.28. The van der Waals surface area contributed by atoms with Crippen molar-refractivity contribution in [3.05, 3.63) is 58.8 Å². The molecule has 1 aliphatic heterocycles. The largest absolute Gasteiger partial charge is 0.295 e. The summed E-state index contributed by atoms with van der Waals surface area (Å²) < 4.78 is 27.6. The first-order valence-electron chi connectivity index (χ1n) is 7.44. The average Bonchev–Trinajstić information content (AvgIpc) is 2.56. The van der Waals surface area contributed by atoms with Gasteiger partial charge < -0.3 is 0 Å². The number of halogens is 1. The van der Waals surface area contributed by atoms with Crippen LogP contribution in [0.25, 0.3) is 0 Å². The smallest absolute Gasteiger partial charge is 0.244 e. The molecule has 2 heterocycles. The number of nitrogens with zero attached hydrogens (tertiary/aromatic N) is 3. The number of sulfonamides is 1. The fraction of sp³-hybridized carbons (Fsp3) is 0.312. The number of rotatable bonds is 4. The van der Waals surface area contributed by atoms with E-state index in [-0.39, 0.29) is 0 Å². The van der Waals surface area contributed by atoms with E-state index in [1.807, 2.05) is 24.3 Å². The zero-order chi connectivity index (χ0) is 16.3. The van der Waals surface area contributed by atoms with Gasteiger partial charge in [-0.25, -0.2) is 8.42 Å². The van der Waals surface area contributed by atoms with Crippen molar-refractivity contribution in [2.45, 2.75) is 11.4 Å². The summed E-state index contributed by atoms with van der Waals surface area (Å²) in [5.41, 5.74) is 1.01. The van der Waals surface area contributed by atoms with E-state index in [4.69, 9.17) is 0 Å². The van der Waals surface area contributed by atoms with Gasteiger partial charge in [-0.2, -0.15) is 4.31 Å². The second-order valence-corrected chi connectivity index (χ2v) is 8.19. The maximum atomic E-state index is 12.7. The highest BCUT2D eigenvalue weighted by molar-refractivity contribution is 9.10. The minimum Gasteiger partial charge on any atom is -0.295 e. The molecule has 122 valence electrons. The molecule has 0 amide bonds. The second kappa shape index (κ2) is 7.09. The first-order chi connectivity index (χ1) is 11.1. The summed E-state index contributed by atoms with van der Waals surface area (Å²) in [6.45, 7) is 3.16. The SMILES string of the molecule is O=S(=O)(c1ccccc1Br)N1CCN(Cc2ccccn2)CC1. The van der Waals surface area contributed by atoms with Crippen LogP contribution in [0.3, 0.4) is 0 Å². The van der Waals surface area contributed by atoms with E-state index < -0.39 is 10.0 Å². The van der Waals surface area contributed by atoms with Crippen LogP contribution in [0.15, 0.2) is 58.0 Å². The monoisotopic (exact) mass is 395 g/mol. The van der Waals surface area contributed by atoms with Crippen molar-refractivity contribution < 1.29 is 8.42 Å². The van der Waals surface area contributed by atoms with E-state index in [0.717, 1.165) is 12.2 Å². The lowest BCUT2D eigenvalue weighted by molar-refractivity contribution is 0.180. The van der Waals surface area contributed by atoms with Gasteiger partial charge in [-0.3, -0.25) is 9.88 Å². The average molecular weight is 396 g/mol. The van der Waals surface area contributed by atoms with Crippen LogP contribution >= 0.6 is 15.9 Å². The molecule has 0 radical (unpaired) electrons. The predicted octanol–water partition coefficient (Wildman–Crippen LogP) is 2.35. The summed E-state index contributed by atoms with van der Waals surface area (Å²) in [4.78, 5) is 6.88. The highest BCUT2D eigenvalue weighted by Crippen LogP contribution is 2.25. The second-order valence-electron chi connectivity index (χ2n) is 5.43. The van der Waals surface area contributed by atoms with Gasteiger partial charge in [0.1, 0.15) is 0 Å². The van der Waals surface area contributed by atoms with Crippen LogP contribution < -0.4 is 0 Å². The van der Waals surface area contributed by atoms with Gasteiger partial charge in [0, 0.05) is 43.4 Å². The van der Waals surface area contributed by atoms with E-state index in [9.17, 15) is 8.42 Å². The Morgan fingerprint density at radius 3 is 2.35 bits per heavy atom. The highest BCUT2D eigenvalue weighted by Gasteiger charge is 2.29. The first-order valence-corrected chi connectivity index (χ1v) is 9.67. The molecule has 0 N–H and O–H groups in total. The van der Waals surface area contributed by atoms with Crippen LogP contribution in [-0.2, 0) is 16.6 Å². The number of hydrogen-bond donors (Lipinski definition) is 0. The maximum absolute atomic E-state index is 12.7. The van der Waals surface area contributed by atoms with Gasteiger partial charge in [0.15, 0.2) is 0 Å². The normalized spacial score (nSPS) is 17.3. The van der Waals surface area contributed by atoms with Crippen LogP contribution in [-0.4, -0.2) is 48.8 Å². The lowest BCUT2D eigenvalue weighted by Crippen LogP contribution is -2.48. The number of benzene rings is 1. The minimum atomic E-state index is -3.44. The van der Waals surface area contributed by atoms with Gasteiger partial charge in [-0.05, 0) is 40.2 Å². The standard InChI is InChI=1S/C16H18BrN3O2S/c17-15-6-1-2-7-16(15)23(21,22)20-11-9-19(10-12-20)13-14-5-3-4-8-18-14/h1-8H,9-13H2. The molecule has 1 aromatic heterocycles. The van der Waals surface area contributed by atoms with E-state index in [2.05, 4.69) is 25.8 Å². The fourth-order valence-electron chi connectivity index (χ4n) is 2.64. The molecule has 0 aliphatic carbocycles. The van der Waals surface area contributed by atoms with Crippen molar-refractivity contribution in [1.29, 1.82) is 0 Å². The number of pyridine rings is 1. The first kappa shape index (κ1) is 16.6. The summed E-state index contributed by atoms with van der Waals surface area (Å²) in [6, 6.07) is 12.8. The Bertz CT molecular complexity index is 760. The molecule has 7 heteroatoms. The zero-order valence-electron chi connectivity index (χ0n) is 12.6. The van der Waals surface area contributed by atoms with Gasteiger partial charge in [-0.1, -0.05) is 18.2 Å². The Morgan fingerprint density at radius 1 is 1.00 bits per heavy atom. The Balaban J connectivity index is 1.66.